The smallest absolute Gasteiger partial charge is 0.287 e. The Kier molecular flexibility index (Phi) is 9.04. The van der Waals surface area contributed by atoms with Gasteiger partial charge in [-0.2, -0.15) is 4.98 Å². The van der Waals surface area contributed by atoms with Crippen molar-refractivity contribution in [2.75, 3.05) is 53.6 Å². The Morgan fingerprint density at radius 3 is 2.65 bits per heavy atom. The van der Waals surface area contributed by atoms with Crippen LogP contribution in [0.4, 0.5) is 5.82 Å². The number of aromatic amines is 1. The van der Waals surface area contributed by atoms with E-state index in [0.717, 1.165) is 122 Å². The monoisotopic (exact) mass is 644 g/mol. The number of para-hydroxylation sites is 1. The van der Waals surface area contributed by atoms with Gasteiger partial charge in [-0.05, 0) is 37.5 Å². The summed E-state index contributed by atoms with van der Waals surface area (Å²) in [6.45, 7) is 6.46. The van der Waals surface area contributed by atoms with Crippen LogP contribution in [0.3, 0.4) is 0 Å². The molecule has 0 radical (unpaired) electrons. The van der Waals surface area contributed by atoms with Gasteiger partial charge in [0.25, 0.3) is 5.82 Å². The second-order valence-corrected chi connectivity index (χ2v) is 13.1. The van der Waals surface area contributed by atoms with Crippen molar-refractivity contribution in [2.24, 2.45) is 10.9 Å². The van der Waals surface area contributed by atoms with Crippen LogP contribution in [0.15, 0.2) is 54.0 Å². The third-order valence-electron chi connectivity index (χ3n) is 9.94. The van der Waals surface area contributed by atoms with Gasteiger partial charge in [-0.3, -0.25) is 4.90 Å². The van der Waals surface area contributed by atoms with Crippen LogP contribution in [0.1, 0.15) is 54.6 Å². The number of nitrogens with two attached hydrogens (primary N) is 1. The van der Waals surface area contributed by atoms with Crippen molar-refractivity contribution in [3.8, 4) is 5.75 Å². The summed E-state index contributed by atoms with van der Waals surface area (Å²) >= 11 is 6.86. The van der Waals surface area contributed by atoms with Gasteiger partial charge in [0.1, 0.15) is 35.2 Å². The first-order chi connectivity index (χ1) is 22.5. The molecule has 2 aliphatic heterocycles. The van der Waals surface area contributed by atoms with Crippen molar-refractivity contribution in [3.05, 3.63) is 76.5 Å². The van der Waals surface area contributed by atoms with E-state index in [2.05, 4.69) is 19.8 Å². The molecule has 46 heavy (non-hydrogen) atoms. The number of hydrogen-bond acceptors (Lipinski definition) is 9. The van der Waals surface area contributed by atoms with Crippen molar-refractivity contribution < 1.29 is 9.47 Å². The van der Waals surface area contributed by atoms with E-state index in [-0.39, 0.29) is 10.7 Å². The van der Waals surface area contributed by atoms with Crippen molar-refractivity contribution in [2.45, 2.75) is 50.6 Å². The van der Waals surface area contributed by atoms with Gasteiger partial charge < -0.3 is 19.4 Å². The van der Waals surface area contributed by atoms with E-state index in [9.17, 15) is 0 Å². The standard InChI is InChI=1S/C34H43ClN9O2/c1-45-17-5-12-42-13-15-43(16-14-42)25-8-10-26(11-9-25)44(36)34-27(21-37-22-38-34)32(41-44)24-18-28(35)33-29(19-24)39-31(40-33)20-23-6-3-4-7-30(23)46-2/h3-4,6-7,18-19,21-22,25-26H,5,8-17,20,36H2,1-2H3,(H,39,40)/q+1/t25-,26+,44?. The molecule has 3 N–H and O–H groups in total. The molecule has 12 heteroatoms. The molecule has 0 spiro atoms. The zero-order chi connectivity index (χ0) is 31.7. The Morgan fingerprint density at radius 2 is 1.87 bits per heavy atom. The SMILES string of the molecule is COCCCN1CCN([C@H]2CC[C@@H]([N+]3(N)N=C(c4cc(Cl)c5[nH]c(Cc6ccccc6OC)nc5c4)c4cncnc43)CC2)CC1. The molecule has 242 valence electrons. The van der Waals surface area contributed by atoms with Crippen molar-refractivity contribution >= 4 is 34.2 Å². The summed E-state index contributed by atoms with van der Waals surface area (Å²) in [5.74, 6) is 9.58. The number of nitrogens with one attached hydrogen (secondary N) is 1. The third-order valence-corrected chi connectivity index (χ3v) is 10.2. The fraction of sp³-hybridized carbons (Fsp3) is 0.471. The summed E-state index contributed by atoms with van der Waals surface area (Å²) in [5.41, 5.74) is 5.06. The van der Waals surface area contributed by atoms with Gasteiger partial charge in [-0.25, -0.2) is 9.97 Å². The Balaban J connectivity index is 1.09. The van der Waals surface area contributed by atoms with Gasteiger partial charge >= 0.3 is 0 Å². The van der Waals surface area contributed by atoms with Crippen LogP contribution in [0.25, 0.3) is 11.0 Å². The lowest BCUT2D eigenvalue weighted by Gasteiger charge is -2.43. The Morgan fingerprint density at radius 1 is 1.07 bits per heavy atom. The molecule has 4 heterocycles. The maximum Gasteiger partial charge on any atom is 0.287 e. The molecule has 1 saturated carbocycles. The third kappa shape index (κ3) is 6.03. The fourth-order valence-corrected chi connectivity index (χ4v) is 7.74. The summed E-state index contributed by atoms with van der Waals surface area (Å²) in [6, 6.07) is 12.6. The van der Waals surface area contributed by atoms with E-state index in [1.54, 1.807) is 20.5 Å². The number of piperazine rings is 1. The Labute approximate surface area is 274 Å². The number of fused-ring (bicyclic) bond motifs is 2. The van der Waals surface area contributed by atoms with Crippen LogP contribution in [0.5, 0.6) is 5.75 Å². The highest BCUT2D eigenvalue weighted by molar-refractivity contribution is 6.36. The minimum atomic E-state index is -0.0531. The number of methoxy groups -OCH3 is 2. The van der Waals surface area contributed by atoms with E-state index in [0.29, 0.717) is 17.5 Å². The summed E-state index contributed by atoms with van der Waals surface area (Å²) < 4.78 is 10.7. The van der Waals surface area contributed by atoms with E-state index in [1.165, 1.54) is 0 Å². The lowest BCUT2D eigenvalue weighted by Crippen LogP contribution is -2.60. The first-order valence-corrected chi connectivity index (χ1v) is 16.7. The van der Waals surface area contributed by atoms with Crippen molar-refractivity contribution in [3.63, 3.8) is 0 Å². The zero-order valence-electron chi connectivity index (χ0n) is 26.7. The second kappa shape index (κ2) is 13.3. The van der Waals surface area contributed by atoms with Crippen molar-refractivity contribution in [1.82, 2.24) is 34.4 Å². The number of ether oxygens (including phenoxy) is 2. The second-order valence-electron chi connectivity index (χ2n) is 12.7. The average molecular weight is 645 g/mol. The lowest BCUT2D eigenvalue weighted by molar-refractivity contribution is 0.0546. The van der Waals surface area contributed by atoms with Gasteiger partial charge in [0, 0.05) is 89.1 Å². The molecule has 0 amide bonds. The highest BCUT2D eigenvalue weighted by Crippen LogP contribution is 2.40. The van der Waals surface area contributed by atoms with Crippen LogP contribution < -0.4 is 15.3 Å². The van der Waals surface area contributed by atoms with Crippen LogP contribution in [0.2, 0.25) is 5.02 Å². The number of imidazole rings is 1. The summed E-state index contributed by atoms with van der Waals surface area (Å²) in [5, 5.41) is 5.77. The number of quaternary nitrogens is 1. The van der Waals surface area contributed by atoms with Crippen LogP contribution >= 0.6 is 11.6 Å². The van der Waals surface area contributed by atoms with E-state index >= 15 is 0 Å². The topological polar surface area (TPSA) is 118 Å². The lowest BCUT2D eigenvalue weighted by atomic mass is 9.89. The Hall–Kier alpha value is -3.45. The minimum absolute atomic E-state index is 0.0531. The van der Waals surface area contributed by atoms with Gasteiger partial charge in [-0.15, -0.1) is 5.84 Å². The molecule has 1 unspecified atom stereocenters. The normalized spacial score (nSPS) is 23.9. The quantitative estimate of drug-likeness (QED) is 0.147. The highest BCUT2D eigenvalue weighted by Gasteiger charge is 2.49. The molecule has 1 saturated heterocycles. The van der Waals surface area contributed by atoms with E-state index in [4.69, 9.17) is 42.0 Å². The maximum atomic E-state index is 7.20. The van der Waals surface area contributed by atoms with Gasteiger partial charge in [0.2, 0.25) is 0 Å². The number of hydrogen-bond donors (Lipinski definition) is 2. The predicted octanol–water partition coefficient (Wildman–Crippen LogP) is 4.52. The number of nitrogens with zero attached hydrogens (tertiary/aromatic N) is 7. The van der Waals surface area contributed by atoms with Gasteiger partial charge in [-0.1, -0.05) is 39.6 Å². The molecule has 3 aliphatic rings. The summed E-state index contributed by atoms with van der Waals surface area (Å²) in [7, 11) is 3.46. The highest BCUT2D eigenvalue weighted by atomic mass is 35.5. The first kappa shape index (κ1) is 31.2. The first-order valence-electron chi connectivity index (χ1n) is 16.3. The zero-order valence-corrected chi connectivity index (χ0v) is 27.4. The molecule has 1 aliphatic carbocycles. The van der Waals surface area contributed by atoms with Crippen LogP contribution in [0, 0.1) is 0 Å². The van der Waals surface area contributed by atoms with Gasteiger partial charge in [0.15, 0.2) is 0 Å². The molecule has 2 aromatic heterocycles. The molecule has 7 rings (SSSR count). The molecule has 11 nitrogen and oxygen atoms in total. The van der Waals surface area contributed by atoms with E-state index < -0.39 is 0 Å². The van der Waals surface area contributed by atoms with Crippen molar-refractivity contribution in [1.29, 1.82) is 0 Å². The molecule has 1 atom stereocenters. The van der Waals surface area contributed by atoms with Crippen LogP contribution in [-0.4, -0.2) is 101 Å². The average Bonchev–Trinajstić information content (AvgIpc) is 3.65. The number of rotatable bonds is 10. The van der Waals surface area contributed by atoms with Crippen LogP contribution in [-0.2, 0) is 11.2 Å². The summed E-state index contributed by atoms with van der Waals surface area (Å²) in [6.07, 6.45) is 9.27. The molecule has 4 aromatic rings. The molecule has 0 bridgehead atoms. The fourth-order valence-electron chi connectivity index (χ4n) is 7.48. The largest absolute Gasteiger partial charge is 0.496 e. The molecule has 2 aromatic carbocycles. The number of aromatic nitrogens is 4. The maximum absolute atomic E-state index is 7.20. The predicted molar refractivity (Wildman–Crippen MR) is 181 cm³/mol. The molecule has 2 fully saturated rings. The number of benzene rings is 2. The number of halogens is 1. The molecular weight excluding hydrogens is 602 g/mol. The summed E-state index contributed by atoms with van der Waals surface area (Å²) in [4.78, 5) is 22.6. The Bertz CT molecular complexity index is 1710. The van der Waals surface area contributed by atoms with E-state index in [1.807, 2.05) is 42.6 Å². The molecular formula is C34H43ClN9O2+. The number of H-pyrrole nitrogens is 1. The van der Waals surface area contributed by atoms with Gasteiger partial charge in [0.05, 0.1) is 23.2 Å². The minimum Gasteiger partial charge on any atom is -0.496 e.